The molecule has 0 aliphatic carbocycles. The molecule has 2 rings (SSSR count). The maximum absolute atomic E-state index is 5.16. The zero-order chi connectivity index (χ0) is 9.26. The Kier molecular flexibility index (Phi) is 2.09. The van der Waals surface area contributed by atoms with Crippen molar-refractivity contribution in [2.75, 3.05) is 0 Å². The molecule has 1 nitrogen and oxygen atoms in total. The highest BCUT2D eigenvalue weighted by Crippen LogP contribution is 2.23. The first-order valence-electron chi connectivity index (χ1n) is 4.71. The van der Waals surface area contributed by atoms with Gasteiger partial charge >= 0.3 is 0 Å². The Bertz CT molecular complexity index is 400. The van der Waals surface area contributed by atoms with Crippen LogP contribution in [0, 0.1) is 6.26 Å². The molecule has 1 aromatic heterocycles. The standard InChI is InChI=1S/C12H13O/c1-3-9(2)10-4-5-12-11(8-10)6-7-13-12/h4-6,8-9H,3H2,1-2H3. The molecular formula is C12H13O. The van der Waals surface area contributed by atoms with Gasteiger partial charge in [0.1, 0.15) is 5.58 Å². The quantitative estimate of drug-likeness (QED) is 0.674. The van der Waals surface area contributed by atoms with E-state index >= 15 is 0 Å². The van der Waals surface area contributed by atoms with Gasteiger partial charge in [0.15, 0.2) is 6.26 Å². The molecule has 0 fully saturated rings. The largest absolute Gasteiger partial charge is 0.453 e. The molecule has 0 N–H and O–H groups in total. The van der Waals surface area contributed by atoms with Gasteiger partial charge in [-0.1, -0.05) is 19.9 Å². The molecule has 0 spiro atoms. The van der Waals surface area contributed by atoms with Crippen LogP contribution in [-0.4, -0.2) is 0 Å². The third-order valence-corrected chi connectivity index (χ3v) is 2.60. The Hall–Kier alpha value is -1.24. The molecule has 1 heteroatoms. The predicted molar refractivity (Wildman–Crippen MR) is 53.8 cm³/mol. The van der Waals surface area contributed by atoms with Crippen LogP contribution in [0.25, 0.3) is 11.0 Å². The van der Waals surface area contributed by atoms with Crippen molar-refractivity contribution < 1.29 is 4.42 Å². The van der Waals surface area contributed by atoms with Crippen molar-refractivity contribution in [1.29, 1.82) is 0 Å². The summed E-state index contributed by atoms with van der Waals surface area (Å²) in [7, 11) is 0. The summed E-state index contributed by atoms with van der Waals surface area (Å²) < 4.78 is 5.16. The predicted octanol–water partition coefficient (Wildman–Crippen LogP) is 3.75. The Morgan fingerprint density at radius 1 is 1.46 bits per heavy atom. The van der Waals surface area contributed by atoms with Crippen molar-refractivity contribution in [2.24, 2.45) is 0 Å². The maximum atomic E-state index is 5.16. The van der Waals surface area contributed by atoms with E-state index in [1.54, 1.807) is 0 Å². The minimum atomic E-state index is 0.624. The van der Waals surface area contributed by atoms with E-state index in [1.807, 2.05) is 12.1 Å². The van der Waals surface area contributed by atoms with Crippen molar-refractivity contribution in [3.05, 3.63) is 36.1 Å². The summed E-state index contributed by atoms with van der Waals surface area (Å²) in [6, 6.07) is 8.23. The summed E-state index contributed by atoms with van der Waals surface area (Å²) in [6.07, 6.45) is 3.92. The fourth-order valence-electron chi connectivity index (χ4n) is 1.47. The van der Waals surface area contributed by atoms with E-state index in [0.717, 1.165) is 11.0 Å². The third-order valence-electron chi connectivity index (χ3n) is 2.60. The van der Waals surface area contributed by atoms with Gasteiger partial charge in [0.2, 0.25) is 0 Å². The lowest BCUT2D eigenvalue weighted by atomic mass is 9.98. The molecule has 0 amide bonds. The van der Waals surface area contributed by atoms with Gasteiger partial charge in [0.25, 0.3) is 0 Å². The van der Waals surface area contributed by atoms with Crippen molar-refractivity contribution >= 4 is 11.0 Å². The topological polar surface area (TPSA) is 13.1 Å². The first kappa shape index (κ1) is 8.36. The second-order valence-corrected chi connectivity index (χ2v) is 3.47. The number of hydrogen-bond donors (Lipinski definition) is 0. The van der Waals surface area contributed by atoms with E-state index in [0.29, 0.717) is 5.92 Å². The summed E-state index contributed by atoms with van der Waals surface area (Å²) in [4.78, 5) is 0. The van der Waals surface area contributed by atoms with Gasteiger partial charge in [-0.15, -0.1) is 0 Å². The van der Waals surface area contributed by atoms with Gasteiger partial charge in [0.05, 0.1) is 0 Å². The molecule has 1 unspecified atom stereocenters. The van der Waals surface area contributed by atoms with E-state index in [9.17, 15) is 0 Å². The second kappa shape index (κ2) is 3.25. The van der Waals surface area contributed by atoms with Gasteiger partial charge in [-0.2, -0.15) is 0 Å². The summed E-state index contributed by atoms with van der Waals surface area (Å²) in [5.74, 6) is 0.624. The normalized spacial score (nSPS) is 13.4. The highest BCUT2D eigenvalue weighted by atomic mass is 16.3. The van der Waals surface area contributed by atoms with E-state index in [4.69, 9.17) is 4.42 Å². The summed E-state index contributed by atoms with van der Waals surface area (Å²) in [6.45, 7) is 4.45. The van der Waals surface area contributed by atoms with Gasteiger partial charge < -0.3 is 4.42 Å². The average Bonchev–Trinajstić information content (AvgIpc) is 2.63. The van der Waals surface area contributed by atoms with Crippen LogP contribution >= 0.6 is 0 Å². The minimum absolute atomic E-state index is 0.624. The molecule has 1 radical (unpaired) electrons. The SMILES string of the molecule is CCC(C)c1ccc2o[c]cc2c1. The molecule has 0 aliphatic heterocycles. The first-order chi connectivity index (χ1) is 6.31. The molecule has 1 heterocycles. The zero-order valence-corrected chi connectivity index (χ0v) is 8.00. The molecule has 2 aromatic rings. The minimum Gasteiger partial charge on any atom is -0.453 e. The number of hydrogen-bond acceptors (Lipinski definition) is 1. The maximum Gasteiger partial charge on any atom is 0.170 e. The summed E-state index contributed by atoms with van der Waals surface area (Å²) >= 11 is 0. The van der Waals surface area contributed by atoms with E-state index in [-0.39, 0.29) is 0 Å². The van der Waals surface area contributed by atoms with Crippen molar-refractivity contribution in [3.63, 3.8) is 0 Å². The van der Waals surface area contributed by atoms with E-state index in [1.165, 1.54) is 12.0 Å². The first-order valence-corrected chi connectivity index (χ1v) is 4.71. The average molecular weight is 173 g/mol. The molecule has 13 heavy (non-hydrogen) atoms. The van der Waals surface area contributed by atoms with Crippen LogP contribution < -0.4 is 0 Å². The Balaban J connectivity index is 2.48. The molecule has 0 saturated heterocycles. The van der Waals surface area contributed by atoms with Crippen LogP contribution in [0.5, 0.6) is 0 Å². The molecule has 0 aliphatic rings. The highest BCUT2D eigenvalue weighted by Gasteiger charge is 2.04. The Morgan fingerprint density at radius 2 is 2.31 bits per heavy atom. The van der Waals surface area contributed by atoms with Crippen molar-refractivity contribution in [1.82, 2.24) is 0 Å². The van der Waals surface area contributed by atoms with Crippen LogP contribution in [0.15, 0.2) is 28.7 Å². The molecule has 1 aromatic carbocycles. The zero-order valence-electron chi connectivity index (χ0n) is 8.00. The molecule has 0 bridgehead atoms. The summed E-state index contributed by atoms with van der Waals surface area (Å²) in [5.41, 5.74) is 2.30. The monoisotopic (exact) mass is 173 g/mol. The number of furan rings is 1. The lowest BCUT2D eigenvalue weighted by Crippen LogP contribution is -1.89. The Labute approximate surface area is 78.4 Å². The van der Waals surface area contributed by atoms with Gasteiger partial charge in [-0.05, 0) is 36.1 Å². The number of benzene rings is 1. The van der Waals surface area contributed by atoms with Crippen LogP contribution in [-0.2, 0) is 0 Å². The molecule has 1 atom stereocenters. The molecule has 67 valence electrons. The fraction of sp³-hybridized carbons (Fsp3) is 0.333. The van der Waals surface area contributed by atoms with E-state index < -0.39 is 0 Å². The van der Waals surface area contributed by atoms with Crippen LogP contribution in [0.3, 0.4) is 0 Å². The van der Waals surface area contributed by atoms with Crippen LogP contribution in [0.4, 0.5) is 0 Å². The van der Waals surface area contributed by atoms with Crippen LogP contribution in [0.1, 0.15) is 31.7 Å². The third kappa shape index (κ3) is 1.46. The fourth-order valence-corrected chi connectivity index (χ4v) is 1.47. The van der Waals surface area contributed by atoms with Crippen LogP contribution in [0.2, 0.25) is 0 Å². The van der Waals surface area contributed by atoms with Crippen molar-refractivity contribution in [3.8, 4) is 0 Å². The Morgan fingerprint density at radius 3 is 3.08 bits per heavy atom. The van der Waals surface area contributed by atoms with Crippen molar-refractivity contribution in [2.45, 2.75) is 26.2 Å². The highest BCUT2D eigenvalue weighted by molar-refractivity contribution is 5.77. The van der Waals surface area contributed by atoms with Gasteiger partial charge in [-0.25, -0.2) is 0 Å². The number of rotatable bonds is 2. The van der Waals surface area contributed by atoms with Gasteiger partial charge in [-0.3, -0.25) is 0 Å². The lowest BCUT2D eigenvalue weighted by Gasteiger charge is -2.07. The van der Waals surface area contributed by atoms with E-state index in [2.05, 4.69) is 32.2 Å². The lowest BCUT2D eigenvalue weighted by molar-refractivity contribution is 0.605. The second-order valence-electron chi connectivity index (χ2n) is 3.47. The van der Waals surface area contributed by atoms with Gasteiger partial charge in [0, 0.05) is 5.39 Å². The molecular weight excluding hydrogens is 160 g/mol. The number of fused-ring (bicyclic) bond motifs is 1. The summed E-state index contributed by atoms with van der Waals surface area (Å²) in [5, 5.41) is 1.15. The molecule has 0 saturated carbocycles. The smallest absolute Gasteiger partial charge is 0.170 e.